The fourth-order valence-electron chi connectivity index (χ4n) is 3.21. The van der Waals surface area contributed by atoms with Gasteiger partial charge in [-0.05, 0) is 19.8 Å². The van der Waals surface area contributed by atoms with E-state index in [0.29, 0.717) is 6.61 Å². The maximum atomic E-state index is 12.0. The van der Waals surface area contributed by atoms with E-state index in [9.17, 15) is 19.8 Å². The highest BCUT2D eigenvalue weighted by atomic mass is 32.2. The van der Waals surface area contributed by atoms with Gasteiger partial charge in [0.05, 0.1) is 28.7 Å². The molecule has 3 aliphatic heterocycles. The monoisotopic (exact) mass is 287 g/mol. The molecule has 3 rings (SSSR count). The number of nitrogens with zero attached hydrogens (tertiary/aromatic N) is 1. The highest BCUT2D eigenvalue weighted by Crippen LogP contribution is 2.51. The van der Waals surface area contributed by atoms with Gasteiger partial charge in [0.1, 0.15) is 6.04 Å². The van der Waals surface area contributed by atoms with E-state index in [1.165, 1.54) is 16.7 Å². The minimum atomic E-state index is -0.979. The van der Waals surface area contributed by atoms with Crippen LogP contribution in [0.4, 0.5) is 0 Å². The molecule has 0 saturated carbocycles. The molecule has 3 heterocycles. The minimum Gasteiger partial charge on any atom is -0.480 e. The van der Waals surface area contributed by atoms with E-state index in [1.807, 2.05) is 0 Å². The van der Waals surface area contributed by atoms with Crippen molar-refractivity contribution in [3.63, 3.8) is 0 Å². The van der Waals surface area contributed by atoms with Gasteiger partial charge >= 0.3 is 5.97 Å². The number of aliphatic hydroxyl groups excluding tert-OH is 1. The molecule has 0 aromatic carbocycles. The highest BCUT2D eigenvalue weighted by molar-refractivity contribution is 8.01. The van der Waals surface area contributed by atoms with Crippen LogP contribution in [0.5, 0.6) is 0 Å². The quantitative estimate of drug-likeness (QED) is 0.705. The molecule has 0 aromatic rings. The van der Waals surface area contributed by atoms with Gasteiger partial charge < -0.3 is 19.8 Å². The standard InChI is InChI=1S/C12H17NO5S/c1-5(14)7-10(15)13-8(12(16)17)9(19-11(7)13)6-3-2-4-18-6/h5-9,11,14H,2-4H2,1H3,(H,16,17)/t5-,6-,7+,8?,9?,11?/m1/s1. The molecule has 1 amide bonds. The average Bonchev–Trinajstić information content (AvgIpc) is 2.92. The molecule has 3 unspecified atom stereocenters. The Morgan fingerprint density at radius 2 is 2.32 bits per heavy atom. The Kier molecular flexibility index (Phi) is 3.23. The van der Waals surface area contributed by atoms with Crippen molar-refractivity contribution < 1.29 is 24.5 Å². The SMILES string of the molecule is C[C@@H](O)[C@H]1C(=O)N2C(C(=O)O)C([C@H]3CCCO3)SC12. The molecule has 0 bridgehead atoms. The molecule has 6 nitrogen and oxygen atoms in total. The first-order valence-electron chi connectivity index (χ1n) is 6.52. The first kappa shape index (κ1) is 13.2. The lowest BCUT2D eigenvalue weighted by Crippen LogP contribution is -2.64. The van der Waals surface area contributed by atoms with E-state index >= 15 is 0 Å². The first-order chi connectivity index (χ1) is 9.02. The lowest BCUT2D eigenvalue weighted by Gasteiger charge is -2.44. The van der Waals surface area contributed by atoms with Gasteiger partial charge in [0.2, 0.25) is 5.91 Å². The molecule has 0 spiro atoms. The number of fused-ring (bicyclic) bond motifs is 1. The van der Waals surface area contributed by atoms with Gasteiger partial charge in [0, 0.05) is 6.61 Å². The summed E-state index contributed by atoms with van der Waals surface area (Å²) in [5.41, 5.74) is 0. The maximum Gasteiger partial charge on any atom is 0.327 e. The molecule has 0 aliphatic carbocycles. The van der Waals surface area contributed by atoms with Gasteiger partial charge in [-0.25, -0.2) is 4.79 Å². The number of rotatable bonds is 3. The normalized spacial score (nSPS) is 42.9. The van der Waals surface area contributed by atoms with Gasteiger partial charge in [-0.15, -0.1) is 11.8 Å². The Morgan fingerprint density at radius 3 is 2.84 bits per heavy atom. The molecule has 7 heteroatoms. The topological polar surface area (TPSA) is 87.1 Å². The Bertz CT molecular complexity index is 409. The fourth-order valence-corrected chi connectivity index (χ4v) is 5.19. The van der Waals surface area contributed by atoms with Crippen molar-refractivity contribution in [2.24, 2.45) is 5.92 Å². The average molecular weight is 287 g/mol. The number of carbonyl (C=O) groups excluding carboxylic acids is 1. The highest BCUT2D eigenvalue weighted by Gasteiger charge is 2.63. The van der Waals surface area contributed by atoms with E-state index in [2.05, 4.69) is 0 Å². The molecule has 106 valence electrons. The van der Waals surface area contributed by atoms with Crippen LogP contribution >= 0.6 is 11.8 Å². The van der Waals surface area contributed by atoms with Crippen molar-refractivity contribution in [1.82, 2.24) is 4.90 Å². The zero-order valence-corrected chi connectivity index (χ0v) is 11.4. The molecule has 2 N–H and O–H groups in total. The van der Waals surface area contributed by atoms with Gasteiger partial charge in [-0.2, -0.15) is 0 Å². The maximum absolute atomic E-state index is 12.0. The predicted molar refractivity (Wildman–Crippen MR) is 67.6 cm³/mol. The van der Waals surface area contributed by atoms with Crippen LogP contribution in [0.1, 0.15) is 19.8 Å². The third kappa shape index (κ3) is 1.86. The Labute approximate surface area is 115 Å². The van der Waals surface area contributed by atoms with Crippen molar-refractivity contribution in [2.45, 2.75) is 48.6 Å². The number of β-lactam (4-membered cyclic amide) rings is 1. The summed E-state index contributed by atoms with van der Waals surface area (Å²) in [6.45, 7) is 2.24. The van der Waals surface area contributed by atoms with Crippen LogP contribution in [-0.4, -0.2) is 62.5 Å². The second-order valence-electron chi connectivity index (χ2n) is 5.34. The Balaban J connectivity index is 1.83. The summed E-state index contributed by atoms with van der Waals surface area (Å²) in [7, 11) is 0. The fraction of sp³-hybridized carbons (Fsp3) is 0.833. The van der Waals surface area contributed by atoms with Gasteiger partial charge in [-0.3, -0.25) is 4.79 Å². The second-order valence-corrected chi connectivity index (χ2v) is 6.64. The summed E-state index contributed by atoms with van der Waals surface area (Å²) in [4.78, 5) is 24.9. The summed E-state index contributed by atoms with van der Waals surface area (Å²) in [6, 6.07) is -0.819. The lowest BCUT2D eigenvalue weighted by atomic mass is 9.90. The number of carboxylic acid groups (broad SMARTS) is 1. The number of ether oxygens (including phenoxy) is 1. The van der Waals surface area contributed by atoms with Gasteiger partial charge in [-0.1, -0.05) is 0 Å². The number of amides is 1. The zero-order valence-electron chi connectivity index (χ0n) is 10.6. The molecule has 6 atom stereocenters. The van der Waals surface area contributed by atoms with Gasteiger partial charge in [0.25, 0.3) is 0 Å². The van der Waals surface area contributed by atoms with Crippen molar-refractivity contribution >= 4 is 23.6 Å². The van der Waals surface area contributed by atoms with Crippen LogP contribution in [-0.2, 0) is 14.3 Å². The molecule has 0 aromatic heterocycles. The predicted octanol–water partition coefficient (Wildman–Crippen LogP) is -0.101. The van der Waals surface area contributed by atoms with Crippen molar-refractivity contribution in [2.75, 3.05) is 6.61 Å². The summed E-state index contributed by atoms with van der Waals surface area (Å²) in [5, 5.41) is 18.6. The Hall–Kier alpha value is -0.790. The smallest absolute Gasteiger partial charge is 0.327 e. The van der Waals surface area contributed by atoms with Crippen molar-refractivity contribution in [1.29, 1.82) is 0 Å². The zero-order chi connectivity index (χ0) is 13.7. The number of aliphatic hydroxyl groups is 1. The van der Waals surface area contributed by atoms with Crippen molar-refractivity contribution in [3.8, 4) is 0 Å². The summed E-state index contributed by atoms with van der Waals surface area (Å²) < 4.78 is 5.59. The summed E-state index contributed by atoms with van der Waals surface area (Å²) in [5.74, 6) is -1.70. The summed E-state index contributed by atoms with van der Waals surface area (Å²) in [6.07, 6.45) is 0.945. The van der Waals surface area contributed by atoms with Crippen LogP contribution in [0.25, 0.3) is 0 Å². The van der Waals surface area contributed by atoms with E-state index in [4.69, 9.17) is 4.74 Å². The number of carbonyl (C=O) groups is 2. The largest absolute Gasteiger partial charge is 0.480 e. The van der Waals surface area contributed by atoms with Crippen LogP contribution in [0.3, 0.4) is 0 Å². The Morgan fingerprint density at radius 1 is 1.58 bits per heavy atom. The molecule has 3 saturated heterocycles. The van der Waals surface area contributed by atoms with E-state index < -0.39 is 24.0 Å². The third-order valence-electron chi connectivity index (χ3n) is 4.13. The molecule has 3 fully saturated rings. The van der Waals surface area contributed by atoms with Crippen LogP contribution in [0, 0.1) is 5.92 Å². The third-order valence-corrected chi connectivity index (χ3v) is 5.81. The number of hydrogen-bond acceptors (Lipinski definition) is 5. The van der Waals surface area contributed by atoms with Gasteiger partial charge in [0.15, 0.2) is 0 Å². The number of aliphatic carboxylic acids is 1. The first-order valence-corrected chi connectivity index (χ1v) is 7.46. The second kappa shape index (κ2) is 4.64. The van der Waals surface area contributed by atoms with Crippen LogP contribution < -0.4 is 0 Å². The van der Waals surface area contributed by atoms with Crippen LogP contribution in [0.2, 0.25) is 0 Å². The minimum absolute atomic E-state index is 0.0980. The van der Waals surface area contributed by atoms with E-state index in [-0.39, 0.29) is 22.6 Å². The summed E-state index contributed by atoms with van der Waals surface area (Å²) >= 11 is 1.47. The molecule has 19 heavy (non-hydrogen) atoms. The molecule has 3 aliphatic rings. The number of thioether (sulfide) groups is 1. The van der Waals surface area contributed by atoms with Crippen molar-refractivity contribution in [3.05, 3.63) is 0 Å². The molecular formula is C12H17NO5S. The lowest BCUT2D eigenvalue weighted by molar-refractivity contribution is -0.168. The van der Waals surface area contributed by atoms with E-state index in [1.54, 1.807) is 6.92 Å². The molecular weight excluding hydrogens is 270 g/mol. The molecule has 0 radical (unpaired) electrons. The van der Waals surface area contributed by atoms with Crippen LogP contribution in [0.15, 0.2) is 0 Å². The number of carboxylic acids is 1. The number of hydrogen-bond donors (Lipinski definition) is 2. The van der Waals surface area contributed by atoms with E-state index in [0.717, 1.165) is 12.8 Å².